The van der Waals surface area contributed by atoms with Gasteiger partial charge in [-0.25, -0.2) is 0 Å². The second kappa shape index (κ2) is 14.6. The second-order valence-electron chi connectivity index (χ2n) is 22.7. The van der Waals surface area contributed by atoms with Crippen LogP contribution in [0.2, 0.25) is 0 Å². The SMILES string of the molecule is CC(C)(C)c1cc(-c2cc3c4cc(-c5ccc6ccccc6c5)ccc4c(-c4cc(C(C)(C)C)cc5ccc(C(C)(C)C)cc45)cc3c3ccccc23)c2cc(C(C)(C)C)ccc2c1. The summed E-state index contributed by atoms with van der Waals surface area (Å²) >= 11 is 0. The largest absolute Gasteiger partial charge is 0.0616 e. The molecule has 0 unspecified atom stereocenters. The summed E-state index contributed by atoms with van der Waals surface area (Å²) in [5.41, 5.74) is 13.0. The van der Waals surface area contributed by atoms with E-state index in [-0.39, 0.29) is 21.7 Å². The van der Waals surface area contributed by atoms with Gasteiger partial charge in [0.15, 0.2) is 0 Å². The minimum atomic E-state index is -0.0274. The van der Waals surface area contributed by atoms with Crippen LogP contribution in [0.1, 0.15) is 105 Å². The fraction of sp³-hybridized carbons (Fsp3) is 0.250. The Morgan fingerprint density at radius 2 is 0.609 bits per heavy atom. The number of benzene rings is 10. The highest BCUT2D eigenvalue weighted by Gasteiger charge is 2.24. The van der Waals surface area contributed by atoms with Crippen LogP contribution in [0.5, 0.6) is 0 Å². The van der Waals surface area contributed by atoms with Crippen molar-refractivity contribution < 1.29 is 0 Å². The smallest absolute Gasteiger partial charge is 0.00921 e. The Morgan fingerprint density at radius 1 is 0.219 bits per heavy atom. The maximum Gasteiger partial charge on any atom is -0.00921 e. The van der Waals surface area contributed by atoms with E-state index < -0.39 is 0 Å². The molecular formula is C64H62. The maximum atomic E-state index is 2.54. The van der Waals surface area contributed by atoms with Gasteiger partial charge in [0.2, 0.25) is 0 Å². The van der Waals surface area contributed by atoms with E-state index in [2.05, 4.69) is 241 Å². The molecule has 10 aromatic rings. The van der Waals surface area contributed by atoms with Crippen molar-refractivity contribution in [2.45, 2.75) is 105 Å². The maximum absolute atomic E-state index is 2.54. The van der Waals surface area contributed by atoms with Crippen LogP contribution in [0.25, 0.3) is 98.0 Å². The minimum Gasteiger partial charge on any atom is -0.0616 e. The standard InChI is InChI=1S/C64H62/c1-61(2,3)45-26-23-43-30-47(63(7,8)9)35-55(52(43)33-45)57-38-60-54-32-42(41-22-21-39-17-13-14-18-40(39)29-41)25-28-51(54)59(37-58(60)50-20-16-15-19-49(50)57)56-36-48(64(10,11)12)31-44-24-27-46(34-53(44)56)62(4,5)6/h13-38H,1-12H3. The summed E-state index contributed by atoms with van der Waals surface area (Å²) in [5.74, 6) is 0. The minimum absolute atomic E-state index is 0.0169. The first-order valence-corrected chi connectivity index (χ1v) is 23.3. The van der Waals surface area contributed by atoms with Crippen molar-refractivity contribution in [2.75, 3.05) is 0 Å². The summed E-state index contributed by atoms with van der Waals surface area (Å²) in [7, 11) is 0. The molecule has 0 fully saturated rings. The summed E-state index contributed by atoms with van der Waals surface area (Å²) in [6.45, 7) is 28.0. The van der Waals surface area contributed by atoms with Gasteiger partial charge < -0.3 is 0 Å². The van der Waals surface area contributed by atoms with Crippen molar-refractivity contribution >= 4 is 64.6 Å². The van der Waals surface area contributed by atoms with Crippen LogP contribution in [-0.4, -0.2) is 0 Å². The molecule has 0 amide bonds. The first-order chi connectivity index (χ1) is 30.2. The van der Waals surface area contributed by atoms with E-state index in [4.69, 9.17) is 0 Å². The molecule has 0 aliphatic heterocycles. The first kappa shape index (κ1) is 41.8. The Morgan fingerprint density at radius 3 is 1.14 bits per heavy atom. The molecule has 0 heterocycles. The van der Waals surface area contributed by atoms with Gasteiger partial charge in [0.1, 0.15) is 0 Å². The van der Waals surface area contributed by atoms with Crippen molar-refractivity contribution in [1.29, 1.82) is 0 Å². The lowest BCUT2D eigenvalue weighted by molar-refractivity contribution is 0.589. The van der Waals surface area contributed by atoms with E-state index in [1.54, 1.807) is 0 Å². The van der Waals surface area contributed by atoms with Crippen LogP contribution in [0, 0.1) is 0 Å². The Kier molecular flexibility index (Phi) is 9.56. The van der Waals surface area contributed by atoms with Crippen LogP contribution in [-0.2, 0) is 21.7 Å². The molecule has 0 aliphatic rings. The monoisotopic (exact) mass is 830 g/mol. The van der Waals surface area contributed by atoms with Crippen molar-refractivity contribution in [3.63, 3.8) is 0 Å². The molecule has 0 heteroatoms. The lowest BCUT2D eigenvalue weighted by Crippen LogP contribution is -2.12. The lowest BCUT2D eigenvalue weighted by Gasteiger charge is -2.25. The molecule has 10 rings (SSSR count). The Hall–Kier alpha value is -6.24. The molecule has 10 aromatic carbocycles. The van der Waals surface area contributed by atoms with E-state index in [9.17, 15) is 0 Å². The lowest BCUT2D eigenvalue weighted by atomic mass is 9.79. The van der Waals surface area contributed by atoms with Gasteiger partial charge in [-0.2, -0.15) is 0 Å². The normalized spacial score (nSPS) is 13.0. The van der Waals surface area contributed by atoms with Gasteiger partial charge in [-0.1, -0.05) is 204 Å². The van der Waals surface area contributed by atoms with Gasteiger partial charge in [-0.3, -0.25) is 0 Å². The quantitative estimate of drug-likeness (QED) is 0.156. The van der Waals surface area contributed by atoms with Gasteiger partial charge in [0.05, 0.1) is 0 Å². The highest BCUT2D eigenvalue weighted by atomic mass is 14.3. The van der Waals surface area contributed by atoms with E-state index in [0.717, 1.165) is 0 Å². The van der Waals surface area contributed by atoms with Crippen LogP contribution in [0.4, 0.5) is 0 Å². The van der Waals surface area contributed by atoms with E-state index >= 15 is 0 Å². The fourth-order valence-electron chi connectivity index (χ4n) is 9.95. The Balaban J connectivity index is 1.37. The van der Waals surface area contributed by atoms with Crippen molar-refractivity contribution in [3.8, 4) is 33.4 Å². The number of fused-ring (bicyclic) bond motifs is 8. The topological polar surface area (TPSA) is 0 Å². The zero-order chi connectivity index (χ0) is 45.1. The summed E-state index contributed by atoms with van der Waals surface area (Å²) in [6, 6.07) is 61.3. The predicted octanol–water partition coefficient (Wildman–Crippen LogP) is 18.8. The molecule has 64 heavy (non-hydrogen) atoms. The Bertz CT molecular complexity index is 3510. The molecule has 0 spiro atoms. The average molecular weight is 831 g/mol. The molecule has 0 atom stereocenters. The van der Waals surface area contributed by atoms with E-state index in [0.29, 0.717) is 0 Å². The van der Waals surface area contributed by atoms with Gasteiger partial charge in [0.25, 0.3) is 0 Å². The van der Waals surface area contributed by atoms with Gasteiger partial charge in [-0.05, 0) is 178 Å². The third-order valence-electron chi connectivity index (χ3n) is 14.0. The Labute approximate surface area is 381 Å². The van der Waals surface area contributed by atoms with Gasteiger partial charge in [-0.15, -0.1) is 0 Å². The van der Waals surface area contributed by atoms with Crippen molar-refractivity contribution in [2.24, 2.45) is 0 Å². The molecule has 0 nitrogen and oxygen atoms in total. The molecule has 0 N–H and O–H groups in total. The van der Waals surface area contributed by atoms with Crippen LogP contribution in [0.3, 0.4) is 0 Å². The molecule has 0 saturated carbocycles. The van der Waals surface area contributed by atoms with Crippen LogP contribution >= 0.6 is 0 Å². The highest BCUT2D eigenvalue weighted by Crippen LogP contribution is 2.47. The molecule has 318 valence electrons. The highest BCUT2D eigenvalue weighted by molar-refractivity contribution is 6.26. The molecule has 0 radical (unpaired) electrons. The third kappa shape index (κ3) is 7.26. The van der Waals surface area contributed by atoms with Crippen LogP contribution < -0.4 is 0 Å². The third-order valence-corrected chi connectivity index (χ3v) is 14.0. The van der Waals surface area contributed by atoms with Gasteiger partial charge >= 0.3 is 0 Å². The summed E-state index contributed by atoms with van der Waals surface area (Å²) < 4.78 is 0. The van der Waals surface area contributed by atoms with Gasteiger partial charge in [0, 0.05) is 0 Å². The number of hydrogen-bond acceptors (Lipinski definition) is 0. The predicted molar refractivity (Wildman–Crippen MR) is 283 cm³/mol. The molecule has 0 aliphatic carbocycles. The molecular weight excluding hydrogens is 769 g/mol. The first-order valence-electron chi connectivity index (χ1n) is 23.3. The van der Waals surface area contributed by atoms with E-state index in [1.807, 2.05) is 0 Å². The second-order valence-corrected chi connectivity index (χ2v) is 22.7. The number of rotatable bonds is 3. The average Bonchev–Trinajstić information content (AvgIpc) is 3.25. The summed E-state index contributed by atoms with van der Waals surface area (Å²) in [4.78, 5) is 0. The fourth-order valence-corrected chi connectivity index (χ4v) is 9.95. The number of hydrogen-bond donors (Lipinski definition) is 0. The zero-order valence-electron chi connectivity index (χ0n) is 40.0. The van der Waals surface area contributed by atoms with Crippen molar-refractivity contribution in [3.05, 3.63) is 180 Å². The zero-order valence-corrected chi connectivity index (χ0v) is 40.0. The molecule has 0 saturated heterocycles. The van der Waals surface area contributed by atoms with Crippen LogP contribution in [0.15, 0.2) is 158 Å². The summed E-state index contributed by atoms with van der Waals surface area (Å²) in [6.07, 6.45) is 0. The van der Waals surface area contributed by atoms with Crippen molar-refractivity contribution in [1.82, 2.24) is 0 Å². The molecule has 0 aromatic heterocycles. The summed E-state index contributed by atoms with van der Waals surface area (Å²) in [5, 5.41) is 15.4. The van der Waals surface area contributed by atoms with E-state index in [1.165, 1.54) is 120 Å². The molecule has 0 bridgehead atoms.